The first-order valence-corrected chi connectivity index (χ1v) is 8.64. The van der Waals surface area contributed by atoms with Gasteiger partial charge in [0.2, 0.25) is 11.6 Å². The number of hydrogen-bond acceptors (Lipinski definition) is 7. The SMILES string of the molecule is CC(c1nc(-c2cccs2)no1)n1nnc(-c2cccc(C(F)(F)F)c2)n1. The first-order chi connectivity index (χ1) is 12.9. The molecule has 1 aromatic carbocycles. The zero-order valence-electron chi connectivity index (χ0n) is 13.8. The molecule has 0 radical (unpaired) electrons. The fourth-order valence-corrected chi connectivity index (χ4v) is 3.00. The van der Waals surface area contributed by atoms with Gasteiger partial charge in [0.25, 0.3) is 5.89 Å². The number of halogens is 3. The summed E-state index contributed by atoms with van der Waals surface area (Å²) in [5, 5.41) is 17.7. The van der Waals surface area contributed by atoms with Crippen molar-refractivity contribution in [2.45, 2.75) is 19.1 Å². The average Bonchev–Trinajstić information content (AvgIpc) is 3.41. The average molecular weight is 392 g/mol. The number of nitrogens with zero attached hydrogens (tertiary/aromatic N) is 6. The lowest BCUT2D eigenvalue weighted by molar-refractivity contribution is -0.137. The van der Waals surface area contributed by atoms with E-state index in [9.17, 15) is 13.2 Å². The second-order valence-electron chi connectivity index (χ2n) is 5.62. The van der Waals surface area contributed by atoms with Crippen molar-refractivity contribution in [3.63, 3.8) is 0 Å². The van der Waals surface area contributed by atoms with Gasteiger partial charge >= 0.3 is 6.18 Å². The van der Waals surface area contributed by atoms with Crippen molar-refractivity contribution in [3.8, 4) is 22.1 Å². The van der Waals surface area contributed by atoms with Crippen LogP contribution >= 0.6 is 11.3 Å². The Hall–Kier alpha value is -3.08. The fourth-order valence-electron chi connectivity index (χ4n) is 2.35. The van der Waals surface area contributed by atoms with E-state index in [4.69, 9.17) is 4.52 Å². The zero-order valence-corrected chi connectivity index (χ0v) is 14.6. The van der Waals surface area contributed by atoms with Crippen LogP contribution in [-0.4, -0.2) is 30.3 Å². The van der Waals surface area contributed by atoms with Gasteiger partial charge in [0.05, 0.1) is 10.4 Å². The number of rotatable bonds is 4. The quantitative estimate of drug-likeness (QED) is 0.520. The number of benzene rings is 1. The second kappa shape index (κ2) is 6.58. The Bertz CT molecular complexity index is 1060. The van der Waals surface area contributed by atoms with Crippen LogP contribution in [0.1, 0.15) is 24.4 Å². The molecule has 0 aliphatic carbocycles. The van der Waals surface area contributed by atoms with Crippen LogP contribution in [0.4, 0.5) is 13.2 Å². The van der Waals surface area contributed by atoms with E-state index in [2.05, 4.69) is 25.6 Å². The van der Waals surface area contributed by atoms with Gasteiger partial charge in [-0.2, -0.15) is 23.0 Å². The van der Waals surface area contributed by atoms with Gasteiger partial charge in [0.15, 0.2) is 0 Å². The Labute approximate surface area is 154 Å². The van der Waals surface area contributed by atoms with Crippen molar-refractivity contribution in [2.75, 3.05) is 0 Å². The van der Waals surface area contributed by atoms with E-state index in [1.54, 1.807) is 6.92 Å². The first kappa shape index (κ1) is 17.3. The molecule has 0 amide bonds. The Morgan fingerprint density at radius 3 is 2.74 bits per heavy atom. The van der Waals surface area contributed by atoms with E-state index in [1.807, 2.05) is 17.5 Å². The monoisotopic (exact) mass is 392 g/mol. The highest BCUT2D eigenvalue weighted by atomic mass is 32.1. The van der Waals surface area contributed by atoms with Crippen molar-refractivity contribution in [2.24, 2.45) is 0 Å². The molecular formula is C16H11F3N6OS. The highest BCUT2D eigenvalue weighted by molar-refractivity contribution is 7.13. The number of tetrazole rings is 1. The van der Waals surface area contributed by atoms with Gasteiger partial charge in [-0.05, 0) is 35.7 Å². The zero-order chi connectivity index (χ0) is 19.0. The van der Waals surface area contributed by atoms with Crippen molar-refractivity contribution in [3.05, 3.63) is 53.2 Å². The minimum absolute atomic E-state index is 0.0749. The maximum absolute atomic E-state index is 12.9. The van der Waals surface area contributed by atoms with Gasteiger partial charge in [-0.3, -0.25) is 0 Å². The molecule has 7 nitrogen and oxygen atoms in total. The summed E-state index contributed by atoms with van der Waals surface area (Å²) in [5.74, 6) is 0.794. The van der Waals surface area contributed by atoms with Crippen molar-refractivity contribution in [1.82, 2.24) is 30.3 Å². The fraction of sp³-hybridized carbons (Fsp3) is 0.188. The van der Waals surface area contributed by atoms with Crippen molar-refractivity contribution >= 4 is 11.3 Å². The Morgan fingerprint density at radius 1 is 1.15 bits per heavy atom. The summed E-state index contributed by atoms with van der Waals surface area (Å²) >= 11 is 1.47. The standard InChI is InChI=1S/C16H11F3N6OS/c1-9(15-20-14(23-26-15)12-6-3-7-27-12)25-22-13(21-24-25)10-4-2-5-11(8-10)16(17,18)19/h2-9H,1H3. The largest absolute Gasteiger partial charge is 0.416 e. The number of alkyl halides is 3. The molecule has 0 bridgehead atoms. The van der Waals surface area contributed by atoms with Gasteiger partial charge in [-0.25, -0.2) is 0 Å². The lowest BCUT2D eigenvalue weighted by Crippen LogP contribution is -2.11. The van der Waals surface area contributed by atoms with E-state index < -0.39 is 17.8 Å². The molecule has 1 atom stereocenters. The molecule has 3 heterocycles. The molecular weight excluding hydrogens is 381 g/mol. The maximum atomic E-state index is 12.9. The molecule has 0 aliphatic rings. The predicted molar refractivity (Wildman–Crippen MR) is 89.7 cm³/mol. The van der Waals surface area contributed by atoms with Crippen LogP contribution in [-0.2, 0) is 6.18 Å². The third kappa shape index (κ3) is 3.45. The number of hydrogen-bond donors (Lipinski definition) is 0. The Kier molecular flexibility index (Phi) is 4.22. The highest BCUT2D eigenvalue weighted by Gasteiger charge is 2.31. The molecule has 0 spiro atoms. The molecule has 138 valence electrons. The van der Waals surface area contributed by atoms with Crippen LogP contribution in [0, 0.1) is 0 Å². The van der Waals surface area contributed by atoms with Crippen LogP contribution in [0.5, 0.6) is 0 Å². The van der Waals surface area contributed by atoms with Crippen LogP contribution in [0.2, 0.25) is 0 Å². The second-order valence-corrected chi connectivity index (χ2v) is 6.57. The molecule has 0 saturated heterocycles. The van der Waals surface area contributed by atoms with Gasteiger partial charge in [-0.15, -0.1) is 21.5 Å². The summed E-state index contributed by atoms with van der Waals surface area (Å²) in [5.41, 5.74) is -0.560. The predicted octanol–water partition coefficient (Wildman–Crippen LogP) is 4.08. The molecule has 0 N–H and O–H groups in total. The van der Waals surface area contributed by atoms with Gasteiger partial charge < -0.3 is 4.52 Å². The third-order valence-electron chi connectivity index (χ3n) is 3.76. The Morgan fingerprint density at radius 2 is 2.00 bits per heavy atom. The number of aromatic nitrogens is 6. The molecule has 4 rings (SSSR count). The van der Waals surface area contributed by atoms with Crippen molar-refractivity contribution in [1.29, 1.82) is 0 Å². The first-order valence-electron chi connectivity index (χ1n) is 7.76. The smallest absolute Gasteiger partial charge is 0.336 e. The maximum Gasteiger partial charge on any atom is 0.416 e. The van der Waals surface area contributed by atoms with E-state index in [0.29, 0.717) is 5.82 Å². The molecule has 11 heteroatoms. The highest BCUT2D eigenvalue weighted by Crippen LogP contribution is 2.31. The summed E-state index contributed by atoms with van der Waals surface area (Å²) in [6.45, 7) is 1.73. The molecule has 1 unspecified atom stereocenters. The minimum Gasteiger partial charge on any atom is -0.336 e. The molecule has 0 saturated carbocycles. The van der Waals surface area contributed by atoms with Gasteiger partial charge in [0, 0.05) is 5.56 Å². The molecule has 0 fully saturated rings. The summed E-state index contributed by atoms with van der Waals surface area (Å²) in [6.07, 6.45) is -4.44. The van der Waals surface area contributed by atoms with Crippen LogP contribution in [0.15, 0.2) is 46.3 Å². The summed E-state index contributed by atoms with van der Waals surface area (Å²) < 4.78 is 43.9. The van der Waals surface area contributed by atoms with Gasteiger partial charge in [0.1, 0.15) is 6.04 Å². The third-order valence-corrected chi connectivity index (χ3v) is 4.63. The van der Waals surface area contributed by atoms with E-state index in [1.165, 1.54) is 28.3 Å². The molecule has 4 aromatic rings. The molecule has 3 aromatic heterocycles. The molecule has 0 aliphatic heterocycles. The minimum atomic E-state index is -4.44. The Balaban J connectivity index is 1.59. The normalized spacial score (nSPS) is 13.0. The summed E-state index contributed by atoms with van der Waals surface area (Å²) in [4.78, 5) is 6.39. The van der Waals surface area contributed by atoms with Crippen LogP contribution < -0.4 is 0 Å². The van der Waals surface area contributed by atoms with Gasteiger partial charge in [-0.1, -0.05) is 23.4 Å². The van der Waals surface area contributed by atoms with E-state index >= 15 is 0 Å². The molecule has 27 heavy (non-hydrogen) atoms. The summed E-state index contributed by atoms with van der Waals surface area (Å²) in [7, 11) is 0. The van der Waals surface area contributed by atoms with E-state index in [0.717, 1.165) is 17.0 Å². The number of thiophene rings is 1. The summed E-state index contributed by atoms with van der Waals surface area (Å²) in [6, 6.07) is 7.97. The lowest BCUT2D eigenvalue weighted by Gasteiger charge is -2.06. The van der Waals surface area contributed by atoms with Crippen LogP contribution in [0.3, 0.4) is 0 Å². The lowest BCUT2D eigenvalue weighted by atomic mass is 10.1. The topological polar surface area (TPSA) is 82.5 Å². The van der Waals surface area contributed by atoms with Crippen LogP contribution in [0.25, 0.3) is 22.1 Å². The van der Waals surface area contributed by atoms with Crippen molar-refractivity contribution < 1.29 is 17.7 Å². The van der Waals surface area contributed by atoms with E-state index in [-0.39, 0.29) is 17.3 Å².